The summed E-state index contributed by atoms with van der Waals surface area (Å²) >= 11 is 0. The number of nitrogens with zero attached hydrogens (tertiary/aromatic N) is 2. The van der Waals surface area contributed by atoms with Gasteiger partial charge < -0.3 is 15.1 Å². The molecule has 1 aliphatic heterocycles. The Hall–Kier alpha value is -2.42. The Labute approximate surface area is 168 Å². The van der Waals surface area contributed by atoms with Gasteiger partial charge in [0.2, 0.25) is 0 Å². The van der Waals surface area contributed by atoms with Gasteiger partial charge in [-0.1, -0.05) is 17.6 Å². The number of ether oxygens (including phenoxy) is 1. The summed E-state index contributed by atoms with van der Waals surface area (Å²) in [6, 6.07) is 2.66. The number of halogens is 2. The molecular weight excluding hydrogens is 386 g/mol. The van der Waals surface area contributed by atoms with Crippen molar-refractivity contribution in [2.75, 3.05) is 6.61 Å². The first-order valence-corrected chi connectivity index (χ1v) is 9.97. The van der Waals surface area contributed by atoms with Crippen LogP contribution < -0.4 is 4.74 Å². The second kappa shape index (κ2) is 11.5. The summed E-state index contributed by atoms with van der Waals surface area (Å²) in [5, 5.41) is 29.7. The minimum atomic E-state index is -0.793. The number of hydrogen-bond donors (Lipinski definition) is 3. The number of aliphatic carboxylic acids is 1. The average molecular weight is 415 g/mol. The monoisotopic (exact) mass is 415 g/mol. The zero-order chi connectivity index (χ0) is 21.2. The smallest absolute Gasteiger partial charge is 0.304 e. The lowest BCUT2D eigenvalue weighted by atomic mass is 9.97. The minimum Gasteiger partial charge on any atom is -0.491 e. The number of unbranched alkanes of at least 4 members (excludes halogenated alkanes) is 4. The molecule has 1 aliphatic rings. The molecule has 2 rings (SSSR count). The molecule has 1 aromatic carbocycles. The van der Waals surface area contributed by atoms with Crippen LogP contribution in [0.2, 0.25) is 0 Å². The first-order valence-electron chi connectivity index (χ1n) is 9.97. The van der Waals surface area contributed by atoms with E-state index < -0.39 is 17.6 Å². The van der Waals surface area contributed by atoms with Crippen LogP contribution in [0.25, 0.3) is 0 Å². The topological polar surface area (TPSA) is 93.2 Å². The second-order valence-corrected chi connectivity index (χ2v) is 7.28. The summed E-state index contributed by atoms with van der Waals surface area (Å²) < 4.78 is 32.7. The predicted octanol–water partition coefficient (Wildman–Crippen LogP) is 3.81. The van der Waals surface area contributed by atoms with Gasteiger partial charge in [0.05, 0.1) is 6.61 Å². The van der Waals surface area contributed by atoms with Gasteiger partial charge in [-0.25, -0.2) is 14.0 Å². The molecule has 0 saturated heterocycles. The van der Waals surface area contributed by atoms with Crippen LogP contribution >= 0.6 is 0 Å². The largest absolute Gasteiger partial charge is 0.491 e. The third-order valence-electron chi connectivity index (χ3n) is 5.05. The van der Waals surface area contributed by atoms with Gasteiger partial charge in [0.25, 0.3) is 0 Å². The highest BCUT2D eigenvalue weighted by molar-refractivity contribution is 5.66. The van der Waals surface area contributed by atoms with Crippen LogP contribution in [0.4, 0.5) is 8.78 Å². The molecule has 0 spiro atoms. The third kappa shape index (κ3) is 7.49. The Kier molecular flexibility index (Phi) is 9.11. The fraction of sp³-hybridized carbons (Fsp3) is 0.600. The Morgan fingerprint density at radius 2 is 1.83 bits per heavy atom. The molecule has 0 radical (unpaired) electrons. The number of benzene rings is 1. The maximum Gasteiger partial charge on any atom is 0.304 e. The number of hydroxylamine groups is 3. The molecule has 0 fully saturated rings. The molecule has 7 nitrogen and oxygen atoms in total. The fourth-order valence-electron chi connectivity index (χ4n) is 3.51. The Morgan fingerprint density at radius 3 is 2.55 bits per heavy atom. The molecule has 1 aromatic rings. The second-order valence-electron chi connectivity index (χ2n) is 7.28. The van der Waals surface area contributed by atoms with E-state index in [1.807, 2.05) is 0 Å². The van der Waals surface area contributed by atoms with Crippen LogP contribution in [0.5, 0.6) is 5.75 Å². The van der Waals surface area contributed by atoms with Crippen molar-refractivity contribution >= 4 is 12.3 Å². The Morgan fingerprint density at radius 1 is 1.10 bits per heavy atom. The number of carbonyl (C=O) groups is 1. The zero-order valence-electron chi connectivity index (χ0n) is 16.3. The summed E-state index contributed by atoms with van der Waals surface area (Å²) in [6.07, 6.45) is 7.18. The highest BCUT2D eigenvalue weighted by Gasteiger charge is 2.41. The van der Waals surface area contributed by atoms with Crippen molar-refractivity contribution in [1.29, 1.82) is 0 Å². The van der Waals surface area contributed by atoms with Gasteiger partial charge in [-0.05, 0) is 50.7 Å². The Bertz CT molecular complexity index is 701. The maximum absolute atomic E-state index is 13.5. The lowest BCUT2D eigenvalue weighted by Gasteiger charge is -2.17. The number of rotatable bonds is 13. The van der Waals surface area contributed by atoms with Crippen LogP contribution in [0.1, 0.15) is 57.8 Å². The van der Waals surface area contributed by atoms with E-state index in [1.54, 1.807) is 0 Å². The van der Waals surface area contributed by atoms with Crippen LogP contribution in [-0.2, 0) is 4.79 Å². The molecule has 1 heterocycles. The molecular formula is C20H29F2N2O5+. The molecule has 2 atom stereocenters. The lowest BCUT2D eigenvalue weighted by molar-refractivity contribution is -0.792. The molecule has 0 saturated carbocycles. The van der Waals surface area contributed by atoms with Gasteiger partial charge in [0.1, 0.15) is 5.82 Å². The normalized spacial score (nSPS) is 18.7. The SMILES string of the molecule is O=C(O)CCCCCCC1C(CCCCOc2ccc(F)cc2F)[N+](O)=CN1O. The molecule has 29 heavy (non-hydrogen) atoms. The third-order valence-corrected chi connectivity index (χ3v) is 5.05. The van der Waals surface area contributed by atoms with Crippen molar-refractivity contribution in [2.24, 2.45) is 0 Å². The predicted molar refractivity (Wildman–Crippen MR) is 100 cm³/mol. The van der Waals surface area contributed by atoms with Crippen molar-refractivity contribution in [3.63, 3.8) is 0 Å². The van der Waals surface area contributed by atoms with E-state index in [4.69, 9.17) is 9.84 Å². The van der Waals surface area contributed by atoms with E-state index in [1.165, 1.54) is 12.4 Å². The highest BCUT2D eigenvalue weighted by Crippen LogP contribution is 2.23. The molecule has 0 bridgehead atoms. The number of carboxylic acids is 1. The first kappa shape index (κ1) is 22.9. The minimum absolute atomic E-state index is 0.00620. The first-order chi connectivity index (χ1) is 13.9. The van der Waals surface area contributed by atoms with Gasteiger partial charge in [-0.15, -0.1) is 5.06 Å². The van der Waals surface area contributed by atoms with E-state index in [-0.39, 0.29) is 30.9 Å². The Balaban J connectivity index is 1.67. The van der Waals surface area contributed by atoms with Gasteiger partial charge >= 0.3 is 12.3 Å². The van der Waals surface area contributed by atoms with Crippen molar-refractivity contribution in [1.82, 2.24) is 5.06 Å². The highest BCUT2D eigenvalue weighted by atomic mass is 19.1. The van der Waals surface area contributed by atoms with E-state index in [0.717, 1.165) is 41.2 Å². The fourth-order valence-corrected chi connectivity index (χ4v) is 3.51. The summed E-state index contributed by atoms with van der Waals surface area (Å²) in [5.74, 6) is -2.18. The van der Waals surface area contributed by atoms with Crippen molar-refractivity contribution in [2.45, 2.75) is 69.9 Å². The maximum atomic E-state index is 13.5. The van der Waals surface area contributed by atoms with Crippen molar-refractivity contribution < 1.29 is 38.6 Å². The molecule has 0 aliphatic carbocycles. The molecule has 9 heteroatoms. The van der Waals surface area contributed by atoms with Crippen molar-refractivity contribution in [3.05, 3.63) is 29.8 Å². The zero-order valence-corrected chi connectivity index (χ0v) is 16.3. The van der Waals surface area contributed by atoms with E-state index in [2.05, 4.69) is 0 Å². The summed E-state index contributed by atoms with van der Waals surface area (Å²) in [5.41, 5.74) is 0. The number of hydrogen-bond acceptors (Lipinski definition) is 5. The van der Waals surface area contributed by atoms with E-state index in [9.17, 15) is 24.0 Å². The van der Waals surface area contributed by atoms with Crippen LogP contribution in [0, 0.1) is 11.6 Å². The number of carboxylic acid groups (broad SMARTS) is 1. The lowest BCUT2D eigenvalue weighted by Crippen LogP contribution is -2.36. The molecule has 162 valence electrons. The van der Waals surface area contributed by atoms with Gasteiger partial charge in [0, 0.05) is 12.5 Å². The molecule has 0 aromatic heterocycles. The standard InChI is InChI=1S/C20H28F2N2O5/c21-15-10-11-19(16(22)13-15)29-12-6-5-8-18-17(23(27)14-24(18)28)7-3-1-2-4-9-20(25)26/h10-11,13-14,17-18H,1-9,12H2,(H2-,25,26,27,28)/p+1. The van der Waals surface area contributed by atoms with Gasteiger partial charge in [-0.2, -0.15) is 0 Å². The average Bonchev–Trinajstić information content (AvgIpc) is 2.92. The summed E-state index contributed by atoms with van der Waals surface area (Å²) in [6.45, 7) is 0.265. The molecule has 3 N–H and O–H groups in total. The quantitative estimate of drug-likeness (QED) is 0.258. The molecule has 0 amide bonds. The van der Waals surface area contributed by atoms with Crippen LogP contribution in [0.15, 0.2) is 18.2 Å². The summed E-state index contributed by atoms with van der Waals surface area (Å²) in [7, 11) is 0. The van der Waals surface area contributed by atoms with E-state index >= 15 is 0 Å². The van der Waals surface area contributed by atoms with Crippen molar-refractivity contribution in [3.8, 4) is 5.75 Å². The molecule has 2 unspecified atom stereocenters. The van der Waals surface area contributed by atoms with Crippen LogP contribution in [-0.4, -0.2) is 56.3 Å². The van der Waals surface area contributed by atoms with Gasteiger partial charge in [0.15, 0.2) is 23.7 Å². The summed E-state index contributed by atoms with van der Waals surface area (Å²) in [4.78, 5) is 10.5. The van der Waals surface area contributed by atoms with E-state index in [0.29, 0.717) is 32.1 Å². The van der Waals surface area contributed by atoms with Gasteiger partial charge in [-0.3, -0.25) is 4.79 Å². The van der Waals surface area contributed by atoms with Crippen LogP contribution in [0.3, 0.4) is 0 Å².